The molecule has 0 saturated carbocycles. The minimum absolute atomic E-state index is 0.171. The summed E-state index contributed by atoms with van der Waals surface area (Å²) in [6.45, 7) is 6.62. The minimum Gasteiger partial charge on any atom is -0.359 e. The van der Waals surface area contributed by atoms with Gasteiger partial charge in [-0.3, -0.25) is 4.79 Å². The number of carbonyl (C=O) groups excluding carboxylic acids is 1. The topological polar surface area (TPSA) is 57.3 Å². The van der Waals surface area contributed by atoms with E-state index in [0.717, 1.165) is 65.0 Å². The summed E-state index contributed by atoms with van der Waals surface area (Å²) in [6.07, 6.45) is 6.03. The average Bonchev–Trinajstić information content (AvgIpc) is 3.36. The Morgan fingerprint density at radius 1 is 1.21 bits per heavy atom. The number of benzene rings is 2. The van der Waals surface area contributed by atoms with Gasteiger partial charge in [-0.05, 0) is 56.6 Å². The molecule has 1 aliphatic rings. The summed E-state index contributed by atoms with van der Waals surface area (Å²) in [5, 5.41) is 10.1. The molecule has 34 heavy (non-hydrogen) atoms. The second-order valence-corrected chi connectivity index (χ2v) is 9.73. The number of hydrogen-bond acceptors (Lipinski definition) is 4. The molecule has 7 heteroatoms. The van der Waals surface area contributed by atoms with Gasteiger partial charge in [-0.25, -0.2) is 4.98 Å². The van der Waals surface area contributed by atoms with Gasteiger partial charge in [-0.2, -0.15) is 0 Å². The Kier molecular flexibility index (Phi) is 8.08. The highest BCUT2D eigenvalue weighted by Crippen LogP contribution is 2.32. The second-order valence-electron chi connectivity index (χ2n) is 8.46. The van der Waals surface area contributed by atoms with Crippen LogP contribution in [0.2, 0.25) is 0 Å². The van der Waals surface area contributed by atoms with Gasteiger partial charge in [-0.1, -0.05) is 54.1 Å². The lowest BCUT2D eigenvalue weighted by molar-refractivity contribution is 0.102. The predicted molar refractivity (Wildman–Crippen MR) is 146 cm³/mol. The van der Waals surface area contributed by atoms with Crippen LogP contribution in [0.1, 0.15) is 46.7 Å². The Hall–Kier alpha value is -3.03. The first-order chi connectivity index (χ1) is 16.5. The van der Waals surface area contributed by atoms with Crippen molar-refractivity contribution in [3.63, 3.8) is 0 Å². The molecule has 0 unspecified atom stereocenters. The van der Waals surface area contributed by atoms with Crippen LogP contribution in [0.15, 0.2) is 66.1 Å². The maximum Gasteiger partial charge on any atom is 0.275 e. The summed E-state index contributed by atoms with van der Waals surface area (Å²) in [5.41, 5.74) is 4.51. The Labute approximate surface area is 210 Å². The molecule has 3 aromatic rings. The van der Waals surface area contributed by atoms with Crippen molar-refractivity contribution in [3.05, 3.63) is 82.3 Å². The van der Waals surface area contributed by atoms with E-state index in [0.29, 0.717) is 11.6 Å². The van der Waals surface area contributed by atoms with Crippen LogP contribution < -0.4 is 10.6 Å². The first-order valence-electron chi connectivity index (χ1n) is 11.6. The quantitative estimate of drug-likeness (QED) is 0.328. The summed E-state index contributed by atoms with van der Waals surface area (Å²) in [4.78, 5) is 20.0. The third-order valence-corrected chi connectivity index (χ3v) is 7.41. The van der Waals surface area contributed by atoms with Crippen LogP contribution in [0, 0.1) is 6.92 Å². The lowest BCUT2D eigenvalue weighted by Crippen LogP contribution is -2.43. The molecule has 176 valence electrons. The van der Waals surface area contributed by atoms with E-state index in [1.165, 1.54) is 0 Å². The second kappa shape index (κ2) is 11.4. The zero-order valence-corrected chi connectivity index (χ0v) is 21.2. The van der Waals surface area contributed by atoms with E-state index in [-0.39, 0.29) is 5.91 Å². The molecule has 2 heterocycles. The zero-order chi connectivity index (χ0) is 23.9. The zero-order valence-electron chi connectivity index (χ0n) is 19.6. The number of piperidine rings is 1. The summed E-state index contributed by atoms with van der Waals surface area (Å²) < 4.78 is 0. The van der Waals surface area contributed by atoms with Crippen LogP contribution in [0.5, 0.6) is 0 Å². The standard InChI is InChI=1S/C27H30N4OS2/c1-3-4-14-28-27(33)31-15-12-21(13-16-31)26-30-24(18-34-26)25(32)29-23-11-10-19(2)17-22(23)20-8-6-5-7-9-20/h3-11,17-18,21H,12-16H2,1-2H3,(H,28,33)(H,29,32)/b4-3+. The molecule has 2 N–H and O–H groups in total. The number of aromatic nitrogens is 1. The number of nitrogens with one attached hydrogen (secondary N) is 2. The van der Waals surface area contributed by atoms with E-state index in [1.807, 2.05) is 48.7 Å². The summed E-state index contributed by atoms with van der Waals surface area (Å²) in [6, 6.07) is 16.2. The number of likely N-dealkylation sites (tertiary alicyclic amines) is 1. The highest BCUT2D eigenvalue weighted by Gasteiger charge is 2.25. The molecule has 2 aromatic carbocycles. The number of nitrogens with zero attached hydrogens (tertiary/aromatic N) is 2. The highest BCUT2D eigenvalue weighted by molar-refractivity contribution is 7.80. The van der Waals surface area contributed by atoms with Gasteiger partial charge in [-0.15, -0.1) is 11.3 Å². The third-order valence-electron chi connectivity index (χ3n) is 6.00. The fourth-order valence-electron chi connectivity index (χ4n) is 4.09. The monoisotopic (exact) mass is 490 g/mol. The predicted octanol–water partition coefficient (Wildman–Crippen LogP) is 6.00. The van der Waals surface area contributed by atoms with E-state index in [1.54, 1.807) is 11.3 Å². The molecule has 0 radical (unpaired) electrons. The molecule has 0 aliphatic carbocycles. The van der Waals surface area contributed by atoms with Gasteiger partial charge in [0, 0.05) is 42.2 Å². The van der Waals surface area contributed by atoms with Crippen molar-refractivity contribution in [1.82, 2.24) is 15.2 Å². The molecule has 0 bridgehead atoms. The van der Waals surface area contributed by atoms with Gasteiger partial charge in [0.25, 0.3) is 5.91 Å². The van der Waals surface area contributed by atoms with Crippen molar-refractivity contribution >= 4 is 40.3 Å². The molecular weight excluding hydrogens is 460 g/mol. The SMILES string of the molecule is C/C=C/CNC(=S)N1CCC(c2nc(C(=O)Nc3ccc(C)cc3-c3ccccc3)cs2)CC1. The van der Waals surface area contributed by atoms with Crippen LogP contribution >= 0.6 is 23.6 Å². The third kappa shape index (κ3) is 5.90. The number of thiazole rings is 1. The van der Waals surface area contributed by atoms with E-state index in [4.69, 9.17) is 17.2 Å². The fourth-order valence-corrected chi connectivity index (χ4v) is 5.33. The maximum atomic E-state index is 13.0. The van der Waals surface area contributed by atoms with E-state index < -0.39 is 0 Å². The maximum absolute atomic E-state index is 13.0. The van der Waals surface area contributed by atoms with Crippen molar-refractivity contribution in [2.24, 2.45) is 0 Å². The van der Waals surface area contributed by atoms with Crippen LogP contribution in [-0.4, -0.2) is 40.5 Å². The molecule has 1 aromatic heterocycles. The summed E-state index contributed by atoms with van der Waals surface area (Å²) in [5.74, 6) is 0.190. The lowest BCUT2D eigenvalue weighted by atomic mass is 9.98. The lowest BCUT2D eigenvalue weighted by Gasteiger charge is -2.33. The molecule has 0 atom stereocenters. The number of amides is 1. The van der Waals surface area contributed by atoms with Gasteiger partial charge in [0.05, 0.1) is 5.01 Å². The van der Waals surface area contributed by atoms with E-state index in [2.05, 4.69) is 46.7 Å². The molecule has 1 amide bonds. The van der Waals surface area contributed by atoms with Gasteiger partial charge in [0.15, 0.2) is 5.11 Å². The Morgan fingerprint density at radius 2 is 1.97 bits per heavy atom. The first kappa shape index (κ1) is 24.1. The normalized spacial score (nSPS) is 14.4. The van der Waals surface area contributed by atoms with Crippen molar-refractivity contribution in [2.75, 3.05) is 25.0 Å². The first-order valence-corrected chi connectivity index (χ1v) is 12.9. The van der Waals surface area contributed by atoms with Gasteiger partial charge in [0.1, 0.15) is 5.69 Å². The Morgan fingerprint density at radius 3 is 2.71 bits per heavy atom. The number of aryl methyl sites for hydroxylation is 1. The minimum atomic E-state index is -0.171. The van der Waals surface area contributed by atoms with Gasteiger partial charge in [0.2, 0.25) is 0 Å². The van der Waals surface area contributed by atoms with Crippen molar-refractivity contribution in [2.45, 2.75) is 32.6 Å². The molecule has 1 fully saturated rings. The Balaban J connectivity index is 1.39. The van der Waals surface area contributed by atoms with Crippen molar-refractivity contribution in [1.29, 1.82) is 0 Å². The number of allylic oxidation sites excluding steroid dienone is 1. The largest absolute Gasteiger partial charge is 0.359 e. The molecule has 0 spiro atoms. The summed E-state index contributed by atoms with van der Waals surface area (Å²) in [7, 11) is 0. The number of anilines is 1. The number of carbonyl (C=O) groups is 1. The van der Waals surface area contributed by atoms with Crippen molar-refractivity contribution < 1.29 is 4.79 Å². The molecule has 1 saturated heterocycles. The van der Waals surface area contributed by atoms with Crippen LogP contribution in [0.4, 0.5) is 5.69 Å². The summed E-state index contributed by atoms with van der Waals surface area (Å²) >= 11 is 7.09. The number of thiocarbonyl (C=S) groups is 1. The van der Waals surface area contributed by atoms with E-state index >= 15 is 0 Å². The van der Waals surface area contributed by atoms with Crippen LogP contribution in [0.25, 0.3) is 11.1 Å². The molecule has 1 aliphatic heterocycles. The van der Waals surface area contributed by atoms with Crippen molar-refractivity contribution in [3.8, 4) is 11.1 Å². The molecule has 5 nitrogen and oxygen atoms in total. The van der Waals surface area contributed by atoms with E-state index in [9.17, 15) is 4.79 Å². The van der Waals surface area contributed by atoms with Crippen LogP contribution in [-0.2, 0) is 0 Å². The Bertz CT molecular complexity index is 1160. The molecular formula is C27H30N4OS2. The molecule has 4 rings (SSSR count). The highest BCUT2D eigenvalue weighted by atomic mass is 32.1. The fraction of sp³-hybridized carbons (Fsp3) is 0.296. The number of hydrogen-bond donors (Lipinski definition) is 2. The number of rotatable bonds is 6. The average molecular weight is 491 g/mol. The smallest absolute Gasteiger partial charge is 0.275 e. The van der Waals surface area contributed by atoms with Crippen LogP contribution in [0.3, 0.4) is 0 Å². The van der Waals surface area contributed by atoms with Gasteiger partial charge >= 0.3 is 0 Å². The van der Waals surface area contributed by atoms with Gasteiger partial charge < -0.3 is 15.5 Å².